The molecule has 1 aliphatic rings. The maximum absolute atomic E-state index is 10.4. The molecule has 0 aliphatic carbocycles. The van der Waals surface area contributed by atoms with Crippen LogP contribution in [0.1, 0.15) is 52.7 Å². The number of piperidine rings is 1. The van der Waals surface area contributed by atoms with E-state index in [4.69, 9.17) is 9.07 Å². The van der Waals surface area contributed by atoms with Crippen molar-refractivity contribution in [3.05, 3.63) is 11.8 Å². The monoisotopic (exact) mass is 309 g/mol. The van der Waals surface area contributed by atoms with E-state index in [9.17, 15) is 10.1 Å². The van der Waals surface area contributed by atoms with E-state index in [1.54, 1.807) is 27.7 Å². The van der Waals surface area contributed by atoms with Crippen molar-refractivity contribution in [2.24, 2.45) is 0 Å². The first-order chi connectivity index (χ1) is 10.1. The Bertz CT molecular complexity index is 501. The van der Waals surface area contributed by atoms with Crippen LogP contribution < -0.4 is 10.4 Å². The lowest BCUT2D eigenvalue weighted by Crippen LogP contribution is -2.53. The van der Waals surface area contributed by atoms with E-state index in [1.807, 2.05) is 13.0 Å². The number of furan rings is 1. The molecule has 0 aromatic carbocycles. The van der Waals surface area contributed by atoms with Crippen LogP contribution >= 0.6 is 0 Å². The summed E-state index contributed by atoms with van der Waals surface area (Å²) in [4.78, 5) is 2.20. The molecule has 0 spiro atoms. The lowest BCUT2D eigenvalue weighted by molar-refractivity contribution is -0.0982. The quantitative estimate of drug-likeness (QED) is 0.812. The molecule has 22 heavy (non-hydrogen) atoms. The number of hydrogen-bond acceptors (Lipinski definition) is 5. The Kier molecular flexibility index (Phi) is 4.95. The number of hydrogen-bond donors (Lipinski definition) is 2. The lowest BCUT2D eigenvalue weighted by Gasteiger charge is -2.38. The summed E-state index contributed by atoms with van der Waals surface area (Å²) in [5.41, 5.74) is -1.33. The van der Waals surface area contributed by atoms with Gasteiger partial charge in [-0.25, -0.2) is 0 Å². The Hall–Kier alpha value is -0.975. The molecule has 2 rings (SSSR count). The minimum absolute atomic E-state index is 0.623. The van der Waals surface area contributed by atoms with E-state index in [2.05, 4.69) is 4.90 Å². The lowest BCUT2D eigenvalue weighted by atomic mass is 9.76. The molecule has 1 aromatic rings. The van der Waals surface area contributed by atoms with Crippen molar-refractivity contribution >= 4 is 18.5 Å². The van der Waals surface area contributed by atoms with Crippen LogP contribution in [0.25, 0.3) is 0 Å². The molecule has 6 heteroatoms. The minimum atomic E-state index is -1.12. The normalized spacial score (nSPS) is 17.0. The molecule has 124 valence electrons. The topological polar surface area (TPSA) is 66.1 Å². The second kappa shape index (κ2) is 6.26. The van der Waals surface area contributed by atoms with Gasteiger partial charge in [0.15, 0.2) is 5.88 Å². The van der Waals surface area contributed by atoms with Gasteiger partial charge < -0.3 is 24.1 Å². The van der Waals surface area contributed by atoms with E-state index < -0.39 is 18.3 Å². The molecular weight excluding hydrogens is 281 g/mol. The summed E-state index contributed by atoms with van der Waals surface area (Å²) < 4.78 is 11.5. The average Bonchev–Trinajstić information content (AvgIpc) is 2.80. The molecule has 1 aliphatic heterocycles. The van der Waals surface area contributed by atoms with Crippen molar-refractivity contribution in [2.75, 3.05) is 18.0 Å². The van der Waals surface area contributed by atoms with E-state index >= 15 is 0 Å². The molecule has 2 N–H and O–H groups in total. The highest BCUT2D eigenvalue weighted by atomic mass is 16.5. The predicted molar refractivity (Wildman–Crippen MR) is 88.6 cm³/mol. The summed E-state index contributed by atoms with van der Waals surface area (Å²) in [7, 11) is -1.12. The second-order valence-corrected chi connectivity index (χ2v) is 7.18. The van der Waals surface area contributed by atoms with Crippen LogP contribution in [0.3, 0.4) is 0 Å². The van der Waals surface area contributed by atoms with Gasteiger partial charge in [-0.15, -0.1) is 0 Å². The standard InChI is InChI=1S/C16H28BNO4/c1-12-13(17(20)22-16(4,5)15(2,3)19)11-14(21-12)18-9-7-6-8-10-18/h11,19-20H,6-10H2,1-5H3. The van der Waals surface area contributed by atoms with E-state index in [1.165, 1.54) is 19.3 Å². The van der Waals surface area contributed by atoms with Gasteiger partial charge in [-0.1, -0.05) is 0 Å². The molecule has 5 nitrogen and oxygen atoms in total. The van der Waals surface area contributed by atoms with Gasteiger partial charge in [-0.05, 0) is 53.9 Å². The van der Waals surface area contributed by atoms with Gasteiger partial charge >= 0.3 is 7.12 Å². The zero-order valence-corrected chi connectivity index (χ0v) is 14.3. The fourth-order valence-corrected chi connectivity index (χ4v) is 2.48. The van der Waals surface area contributed by atoms with Crippen LogP contribution in [0, 0.1) is 6.92 Å². The fourth-order valence-electron chi connectivity index (χ4n) is 2.48. The summed E-state index contributed by atoms with van der Waals surface area (Å²) in [6, 6.07) is 1.85. The first-order valence-electron chi connectivity index (χ1n) is 8.05. The van der Waals surface area contributed by atoms with Crippen molar-refractivity contribution < 1.29 is 19.2 Å². The van der Waals surface area contributed by atoms with Gasteiger partial charge in [-0.3, -0.25) is 0 Å². The molecule has 0 amide bonds. The van der Waals surface area contributed by atoms with Crippen molar-refractivity contribution in [3.63, 3.8) is 0 Å². The van der Waals surface area contributed by atoms with Crippen LogP contribution in [-0.2, 0) is 4.65 Å². The average molecular weight is 309 g/mol. The van der Waals surface area contributed by atoms with Gasteiger partial charge in [0.1, 0.15) is 5.76 Å². The zero-order chi connectivity index (χ0) is 16.5. The third-order valence-corrected chi connectivity index (χ3v) is 4.76. The predicted octanol–water partition coefficient (Wildman–Crippen LogP) is 1.83. The smallest absolute Gasteiger partial charge is 0.446 e. The summed E-state index contributed by atoms with van der Waals surface area (Å²) >= 11 is 0. The minimum Gasteiger partial charge on any atom is -0.446 e. The van der Waals surface area contributed by atoms with Gasteiger partial charge in [0.25, 0.3) is 0 Å². The molecule has 1 saturated heterocycles. The summed E-state index contributed by atoms with van der Waals surface area (Å²) in [6.45, 7) is 10.7. The maximum atomic E-state index is 10.4. The summed E-state index contributed by atoms with van der Waals surface area (Å²) in [5.74, 6) is 1.44. The fraction of sp³-hybridized carbons (Fsp3) is 0.750. The number of rotatable bonds is 5. The SMILES string of the molecule is Cc1oc(N2CCCCC2)cc1B(O)OC(C)(C)C(C)(C)O. The van der Waals surface area contributed by atoms with Crippen LogP contribution in [-0.4, -0.2) is 41.5 Å². The summed E-state index contributed by atoms with van der Waals surface area (Å²) in [5, 5.41) is 20.6. The Labute approximate surface area is 133 Å². The Morgan fingerprint density at radius 3 is 2.32 bits per heavy atom. The zero-order valence-electron chi connectivity index (χ0n) is 14.3. The largest absolute Gasteiger partial charge is 0.495 e. The maximum Gasteiger partial charge on any atom is 0.495 e. The van der Waals surface area contributed by atoms with Crippen LogP contribution in [0.15, 0.2) is 10.5 Å². The first kappa shape index (κ1) is 17.4. The molecule has 0 bridgehead atoms. The molecule has 0 unspecified atom stereocenters. The van der Waals surface area contributed by atoms with Crippen molar-refractivity contribution in [2.45, 2.75) is 65.1 Å². The molecule has 0 radical (unpaired) electrons. The van der Waals surface area contributed by atoms with Gasteiger partial charge in [-0.2, -0.15) is 0 Å². The van der Waals surface area contributed by atoms with Gasteiger partial charge in [0.05, 0.1) is 11.2 Å². The van der Waals surface area contributed by atoms with Crippen LogP contribution in [0.5, 0.6) is 0 Å². The number of nitrogens with zero attached hydrogens (tertiary/aromatic N) is 1. The van der Waals surface area contributed by atoms with Crippen molar-refractivity contribution in [3.8, 4) is 0 Å². The third-order valence-electron chi connectivity index (χ3n) is 4.76. The molecular formula is C16H28BNO4. The molecule has 1 aromatic heterocycles. The Balaban J connectivity index is 2.13. The van der Waals surface area contributed by atoms with E-state index in [0.29, 0.717) is 11.2 Å². The Morgan fingerprint density at radius 1 is 1.18 bits per heavy atom. The van der Waals surface area contributed by atoms with E-state index in [0.717, 1.165) is 19.0 Å². The first-order valence-corrected chi connectivity index (χ1v) is 8.05. The highest BCUT2D eigenvalue weighted by molar-refractivity contribution is 6.60. The molecule has 0 atom stereocenters. The van der Waals surface area contributed by atoms with Crippen molar-refractivity contribution in [1.29, 1.82) is 0 Å². The number of aryl methyl sites for hydroxylation is 1. The Morgan fingerprint density at radius 2 is 1.77 bits per heavy atom. The van der Waals surface area contributed by atoms with Crippen molar-refractivity contribution in [1.82, 2.24) is 0 Å². The molecule has 1 fully saturated rings. The molecule has 0 saturated carbocycles. The van der Waals surface area contributed by atoms with Crippen LogP contribution in [0.4, 0.5) is 5.88 Å². The molecule has 2 heterocycles. The highest BCUT2D eigenvalue weighted by Crippen LogP contribution is 2.27. The van der Waals surface area contributed by atoms with Gasteiger partial charge in [0, 0.05) is 24.6 Å². The highest BCUT2D eigenvalue weighted by Gasteiger charge is 2.40. The number of anilines is 1. The van der Waals surface area contributed by atoms with E-state index in [-0.39, 0.29) is 0 Å². The van der Waals surface area contributed by atoms with Gasteiger partial charge in [0.2, 0.25) is 0 Å². The number of aliphatic hydroxyl groups is 1. The third kappa shape index (κ3) is 3.67. The van der Waals surface area contributed by atoms with Crippen LogP contribution in [0.2, 0.25) is 0 Å². The summed E-state index contributed by atoms with van der Waals surface area (Å²) in [6.07, 6.45) is 3.59. The second-order valence-electron chi connectivity index (χ2n) is 7.18.